The lowest BCUT2D eigenvalue weighted by Gasteiger charge is -2.12. The van der Waals surface area contributed by atoms with E-state index in [2.05, 4.69) is 30.6 Å². The van der Waals surface area contributed by atoms with Gasteiger partial charge in [-0.25, -0.2) is 17.8 Å². The summed E-state index contributed by atoms with van der Waals surface area (Å²) in [5.41, 5.74) is -0.198. The van der Waals surface area contributed by atoms with Crippen LogP contribution in [0.4, 0.5) is 11.4 Å². The number of ether oxygens (including phenoxy) is 1. The maximum atomic E-state index is 12.8. The van der Waals surface area contributed by atoms with Gasteiger partial charge in [-0.1, -0.05) is 34.1 Å². The number of rotatable bonds is 7. The van der Waals surface area contributed by atoms with Crippen LogP contribution in [-0.2, 0) is 10.0 Å². The van der Waals surface area contributed by atoms with E-state index >= 15 is 0 Å². The Morgan fingerprint density at radius 1 is 1.08 bits per heavy atom. The van der Waals surface area contributed by atoms with Gasteiger partial charge < -0.3 is 9.84 Å². The molecule has 1 aromatic heterocycles. The number of aryl methyl sites for hydroxylation is 1. The minimum Gasteiger partial charge on any atom is -0.494 e. The molecule has 0 bridgehead atoms. The van der Waals surface area contributed by atoms with E-state index in [0.717, 1.165) is 20.8 Å². The normalized spacial score (nSPS) is 11.5. The molecule has 0 aliphatic heterocycles. The van der Waals surface area contributed by atoms with E-state index in [0.29, 0.717) is 11.4 Å². The first-order valence-electron chi connectivity index (χ1n) is 10.8. The van der Waals surface area contributed by atoms with Crippen LogP contribution in [0.15, 0.2) is 90.7 Å². The Labute approximate surface area is 220 Å². The van der Waals surface area contributed by atoms with Crippen molar-refractivity contribution < 1.29 is 18.3 Å². The molecular formula is C25H21BrN4O6S. The Kier molecular flexibility index (Phi) is 7.32. The average molecular weight is 585 g/mol. The Bertz CT molecular complexity index is 1730. The SMILES string of the molecule is COc1cc(S(=O)(=O)Nc2ccccc2)ccc1N=Cc1c(O)n(-c2ccc(Br)c(C)c2)c(=O)[nH]c1=O. The number of anilines is 1. The van der Waals surface area contributed by atoms with Crippen molar-refractivity contribution in [1.29, 1.82) is 0 Å². The minimum absolute atomic E-state index is 0.0630. The van der Waals surface area contributed by atoms with Gasteiger partial charge >= 0.3 is 5.69 Å². The van der Waals surface area contributed by atoms with Gasteiger partial charge in [0.05, 0.1) is 17.7 Å². The van der Waals surface area contributed by atoms with Crippen LogP contribution in [0, 0.1) is 6.92 Å². The Morgan fingerprint density at radius 2 is 1.81 bits per heavy atom. The molecule has 0 fully saturated rings. The van der Waals surface area contributed by atoms with Crippen molar-refractivity contribution in [1.82, 2.24) is 9.55 Å². The van der Waals surface area contributed by atoms with E-state index < -0.39 is 27.2 Å². The molecular weight excluding hydrogens is 564 g/mol. The Hall–Kier alpha value is -4.16. The fourth-order valence-electron chi connectivity index (χ4n) is 3.45. The number of hydrogen-bond acceptors (Lipinski definition) is 7. The number of H-pyrrole nitrogens is 1. The van der Waals surface area contributed by atoms with Gasteiger partial charge in [0.1, 0.15) is 17.0 Å². The molecule has 0 amide bonds. The van der Waals surface area contributed by atoms with Gasteiger partial charge in [0.2, 0.25) is 5.88 Å². The molecule has 0 saturated carbocycles. The maximum Gasteiger partial charge on any atom is 0.335 e. The Morgan fingerprint density at radius 3 is 2.49 bits per heavy atom. The quantitative estimate of drug-likeness (QED) is 0.281. The van der Waals surface area contributed by atoms with Crippen molar-refractivity contribution in [3.05, 3.63) is 103 Å². The first kappa shape index (κ1) is 25.9. The largest absolute Gasteiger partial charge is 0.494 e. The smallest absolute Gasteiger partial charge is 0.335 e. The third-order valence-corrected chi connectivity index (χ3v) is 7.61. The monoisotopic (exact) mass is 584 g/mol. The summed E-state index contributed by atoms with van der Waals surface area (Å²) in [6, 6.07) is 17.4. The van der Waals surface area contributed by atoms with Gasteiger partial charge in [0.15, 0.2) is 0 Å². The Balaban J connectivity index is 1.71. The summed E-state index contributed by atoms with van der Waals surface area (Å²) in [6.45, 7) is 1.81. The van der Waals surface area contributed by atoms with E-state index in [1.807, 2.05) is 6.92 Å². The van der Waals surface area contributed by atoms with Crippen molar-refractivity contribution in [3.8, 4) is 17.3 Å². The number of benzene rings is 3. The summed E-state index contributed by atoms with van der Waals surface area (Å²) in [7, 11) is -2.57. The standard InChI is InChI=1S/C25H21BrN4O6S/c1-15-12-17(8-10-20(15)26)30-24(32)19(23(31)28-25(30)33)14-27-21-11-9-18(13-22(21)36-2)37(34,35)29-16-6-4-3-5-7-16/h3-14,29,32H,1-2H3,(H,28,31,33). The highest BCUT2D eigenvalue weighted by atomic mass is 79.9. The van der Waals surface area contributed by atoms with Crippen LogP contribution in [0.2, 0.25) is 0 Å². The molecule has 4 aromatic rings. The van der Waals surface area contributed by atoms with Crippen molar-refractivity contribution in [2.45, 2.75) is 11.8 Å². The van der Waals surface area contributed by atoms with E-state index in [4.69, 9.17) is 4.74 Å². The van der Waals surface area contributed by atoms with Crippen LogP contribution in [0.25, 0.3) is 5.69 Å². The molecule has 0 aliphatic carbocycles. The van der Waals surface area contributed by atoms with Gasteiger partial charge in [-0.3, -0.25) is 19.5 Å². The molecule has 0 spiro atoms. The van der Waals surface area contributed by atoms with Crippen molar-refractivity contribution in [2.24, 2.45) is 4.99 Å². The highest BCUT2D eigenvalue weighted by Crippen LogP contribution is 2.31. The van der Waals surface area contributed by atoms with Gasteiger partial charge in [-0.15, -0.1) is 0 Å². The van der Waals surface area contributed by atoms with Gasteiger partial charge in [0, 0.05) is 22.4 Å². The van der Waals surface area contributed by atoms with Crippen LogP contribution in [-0.4, -0.2) is 36.4 Å². The summed E-state index contributed by atoms with van der Waals surface area (Å²) in [6.07, 6.45) is 1.07. The van der Waals surface area contributed by atoms with Crippen LogP contribution in [0.3, 0.4) is 0 Å². The molecule has 190 valence electrons. The molecule has 3 N–H and O–H groups in total. The van der Waals surface area contributed by atoms with Crippen LogP contribution < -0.4 is 20.7 Å². The molecule has 0 saturated heterocycles. The van der Waals surface area contributed by atoms with Crippen molar-refractivity contribution in [3.63, 3.8) is 0 Å². The molecule has 4 rings (SSSR count). The zero-order chi connectivity index (χ0) is 26.7. The predicted molar refractivity (Wildman–Crippen MR) is 144 cm³/mol. The maximum absolute atomic E-state index is 12.8. The summed E-state index contributed by atoms with van der Waals surface area (Å²) in [5, 5.41) is 10.8. The summed E-state index contributed by atoms with van der Waals surface area (Å²) < 4.78 is 35.1. The number of halogens is 1. The molecule has 12 heteroatoms. The lowest BCUT2D eigenvalue weighted by molar-refractivity contribution is 0.415. The fourth-order valence-corrected chi connectivity index (χ4v) is 4.77. The highest BCUT2D eigenvalue weighted by molar-refractivity contribution is 9.10. The number of aromatic amines is 1. The van der Waals surface area contributed by atoms with Crippen LogP contribution in [0.1, 0.15) is 11.1 Å². The number of nitrogens with zero attached hydrogens (tertiary/aromatic N) is 2. The lowest BCUT2D eigenvalue weighted by atomic mass is 10.2. The van der Waals surface area contributed by atoms with Gasteiger partial charge in [-0.05, 0) is 55.0 Å². The molecule has 3 aromatic carbocycles. The predicted octanol–water partition coefficient (Wildman–Crippen LogP) is 3.86. The first-order valence-corrected chi connectivity index (χ1v) is 13.0. The second-order valence-electron chi connectivity index (χ2n) is 7.83. The number of aromatic hydroxyl groups is 1. The summed E-state index contributed by atoms with van der Waals surface area (Å²) in [5.74, 6) is -0.496. The molecule has 1 heterocycles. The zero-order valence-electron chi connectivity index (χ0n) is 19.6. The number of nitrogens with one attached hydrogen (secondary N) is 2. The number of aliphatic imine (C=N–C) groups is 1. The van der Waals surface area contributed by atoms with Gasteiger partial charge in [-0.2, -0.15) is 0 Å². The number of para-hydroxylation sites is 1. The van der Waals surface area contributed by atoms with E-state index in [1.54, 1.807) is 48.5 Å². The second kappa shape index (κ2) is 10.4. The molecule has 0 radical (unpaired) electrons. The molecule has 10 nitrogen and oxygen atoms in total. The minimum atomic E-state index is -3.91. The molecule has 0 unspecified atom stereocenters. The number of methoxy groups -OCH3 is 1. The van der Waals surface area contributed by atoms with E-state index in [9.17, 15) is 23.1 Å². The zero-order valence-corrected chi connectivity index (χ0v) is 22.0. The lowest BCUT2D eigenvalue weighted by Crippen LogP contribution is -2.31. The summed E-state index contributed by atoms with van der Waals surface area (Å²) >= 11 is 3.38. The van der Waals surface area contributed by atoms with Gasteiger partial charge in [0.25, 0.3) is 15.6 Å². The third kappa shape index (κ3) is 5.49. The van der Waals surface area contributed by atoms with Crippen LogP contribution >= 0.6 is 15.9 Å². The van der Waals surface area contributed by atoms with Crippen LogP contribution in [0.5, 0.6) is 11.6 Å². The first-order chi connectivity index (χ1) is 17.6. The number of aromatic nitrogens is 2. The second-order valence-corrected chi connectivity index (χ2v) is 10.4. The summed E-state index contributed by atoms with van der Waals surface area (Å²) in [4.78, 5) is 31.2. The average Bonchev–Trinajstić information content (AvgIpc) is 2.86. The molecule has 0 aliphatic rings. The van der Waals surface area contributed by atoms with Crippen molar-refractivity contribution in [2.75, 3.05) is 11.8 Å². The van der Waals surface area contributed by atoms with E-state index in [1.165, 1.54) is 25.3 Å². The van der Waals surface area contributed by atoms with E-state index in [-0.39, 0.29) is 21.9 Å². The van der Waals surface area contributed by atoms with Crippen molar-refractivity contribution >= 4 is 43.5 Å². The number of sulfonamides is 1. The topological polar surface area (TPSA) is 143 Å². The fraction of sp³-hybridized carbons (Fsp3) is 0.0800. The highest BCUT2D eigenvalue weighted by Gasteiger charge is 2.18. The molecule has 37 heavy (non-hydrogen) atoms. The number of hydrogen-bond donors (Lipinski definition) is 3. The third-order valence-electron chi connectivity index (χ3n) is 5.34. The molecule has 0 atom stereocenters.